The van der Waals surface area contributed by atoms with Crippen LogP contribution in [0.15, 0.2) is 24.5 Å². The molecule has 3 heterocycles. The molecule has 126 valence electrons. The van der Waals surface area contributed by atoms with Crippen LogP contribution in [0.25, 0.3) is 0 Å². The maximum absolute atomic E-state index is 12.2. The zero-order valence-corrected chi connectivity index (χ0v) is 14.2. The van der Waals surface area contributed by atoms with Crippen molar-refractivity contribution in [2.45, 2.75) is 24.8 Å². The van der Waals surface area contributed by atoms with Crippen molar-refractivity contribution in [2.75, 3.05) is 38.2 Å². The molecule has 1 aromatic heterocycles. The number of hydrogen-bond donors (Lipinski definition) is 0. The lowest BCUT2D eigenvalue weighted by Crippen LogP contribution is -2.49. The third kappa shape index (κ3) is 3.90. The number of carbonyl (C=O) groups excluding carboxylic acids is 1. The van der Waals surface area contributed by atoms with Crippen molar-refractivity contribution in [3.8, 4) is 0 Å². The van der Waals surface area contributed by atoms with Gasteiger partial charge in [0.05, 0.1) is 11.5 Å². The topological polar surface area (TPSA) is 70.6 Å². The molecule has 1 aromatic rings. The number of aromatic nitrogens is 1. The van der Waals surface area contributed by atoms with E-state index in [2.05, 4.69) is 4.98 Å². The predicted octanol–water partition coefficient (Wildman–Crippen LogP) is 0.516. The first kappa shape index (κ1) is 16.4. The van der Waals surface area contributed by atoms with Crippen LogP contribution in [-0.2, 0) is 14.6 Å². The molecule has 0 unspecified atom stereocenters. The van der Waals surface area contributed by atoms with E-state index in [1.807, 2.05) is 35.2 Å². The third-order valence-corrected chi connectivity index (χ3v) is 6.65. The fourth-order valence-electron chi connectivity index (χ4n) is 3.25. The highest BCUT2D eigenvalue weighted by molar-refractivity contribution is 7.91. The minimum absolute atomic E-state index is 0.0623. The molecule has 0 aliphatic carbocycles. The number of likely N-dealkylation sites (tertiary alicyclic amines) is 1. The minimum atomic E-state index is -2.87. The lowest BCUT2D eigenvalue weighted by atomic mass is 9.92. The number of amides is 1. The van der Waals surface area contributed by atoms with Gasteiger partial charge in [-0.15, -0.1) is 0 Å². The van der Waals surface area contributed by atoms with Crippen LogP contribution in [0.1, 0.15) is 24.3 Å². The highest BCUT2D eigenvalue weighted by Crippen LogP contribution is 2.26. The summed E-state index contributed by atoms with van der Waals surface area (Å²) in [5.74, 6) is 1.04. The van der Waals surface area contributed by atoms with Crippen molar-refractivity contribution in [2.24, 2.45) is 0 Å². The van der Waals surface area contributed by atoms with Crippen molar-refractivity contribution in [3.63, 3.8) is 0 Å². The fraction of sp³-hybridized carbons (Fsp3) is 0.625. The van der Waals surface area contributed by atoms with Gasteiger partial charge in [-0.05, 0) is 25.1 Å². The zero-order chi connectivity index (χ0) is 16.4. The van der Waals surface area contributed by atoms with Gasteiger partial charge < -0.3 is 9.80 Å². The van der Waals surface area contributed by atoms with Gasteiger partial charge >= 0.3 is 0 Å². The second-order valence-corrected chi connectivity index (χ2v) is 8.80. The second kappa shape index (κ2) is 6.57. The van der Waals surface area contributed by atoms with Crippen LogP contribution >= 0.6 is 0 Å². The van der Waals surface area contributed by atoms with E-state index in [1.54, 1.807) is 6.20 Å². The molecule has 0 spiro atoms. The molecule has 3 rings (SSSR count). The summed E-state index contributed by atoms with van der Waals surface area (Å²) in [6.45, 7) is 2.13. The van der Waals surface area contributed by atoms with E-state index in [0.717, 1.165) is 13.1 Å². The molecule has 0 saturated carbocycles. The number of rotatable bonds is 5. The molecule has 0 N–H and O–H groups in total. The Kier molecular flexibility index (Phi) is 4.68. The van der Waals surface area contributed by atoms with Crippen molar-refractivity contribution in [1.29, 1.82) is 0 Å². The molecule has 0 radical (unpaired) electrons. The number of sulfone groups is 1. The highest BCUT2D eigenvalue weighted by Gasteiger charge is 2.33. The maximum Gasteiger partial charge on any atom is 0.223 e. The molecule has 1 amide bonds. The summed E-state index contributed by atoms with van der Waals surface area (Å²) in [6, 6.07) is 4.03. The summed E-state index contributed by atoms with van der Waals surface area (Å²) >= 11 is 0. The van der Waals surface area contributed by atoms with E-state index in [9.17, 15) is 13.2 Å². The molecule has 1 atom stereocenters. The van der Waals surface area contributed by atoms with Crippen LogP contribution in [0.5, 0.6) is 0 Å². The fourth-order valence-corrected chi connectivity index (χ4v) is 5.05. The van der Waals surface area contributed by atoms with Gasteiger partial charge in [0.1, 0.15) is 0 Å². The zero-order valence-electron chi connectivity index (χ0n) is 13.4. The third-order valence-electron chi connectivity index (χ3n) is 4.90. The Bertz CT molecular complexity index is 656. The van der Waals surface area contributed by atoms with Crippen LogP contribution in [0.3, 0.4) is 0 Å². The monoisotopic (exact) mass is 337 g/mol. The van der Waals surface area contributed by atoms with E-state index >= 15 is 0 Å². The molecule has 6 nitrogen and oxygen atoms in total. The molecule has 7 heteroatoms. The van der Waals surface area contributed by atoms with Crippen molar-refractivity contribution in [1.82, 2.24) is 14.8 Å². The summed E-state index contributed by atoms with van der Waals surface area (Å²) in [7, 11) is -0.960. The number of pyridine rings is 1. The molecule has 0 aromatic carbocycles. The average Bonchev–Trinajstić information content (AvgIpc) is 2.84. The summed E-state index contributed by atoms with van der Waals surface area (Å²) in [5, 5.41) is 0. The first-order valence-corrected chi connectivity index (χ1v) is 9.85. The summed E-state index contributed by atoms with van der Waals surface area (Å²) in [6.07, 6.45) is 4.75. The van der Waals surface area contributed by atoms with E-state index in [0.29, 0.717) is 25.3 Å². The molecular formula is C16H23N3O3S. The maximum atomic E-state index is 12.2. The van der Waals surface area contributed by atoms with Crippen LogP contribution in [0.2, 0.25) is 0 Å². The standard InChI is InChI=1S/C16H23N3O3S/c1-18(15-5-8-23(21,22)12-15)7-4-16(20)19-10-14(11-19)13-3-2-6-17-9-13/h2-3,6,9,14-15H,4-5,7-8,10-12H2,1H3/t15-/m1/s1. The smallest absolute Gasteiger partial charge is 0.223 e. The van der Waals surface area contributed by atoms with Crippen molar-refractivity contribution < 1.29 is 13.2 Å². The molecule has 2 fully saturated rings. The predicted molar refractivity (Wildman–Crippen MR) is 87.9 cm³/mol. The molecular weight excluding hydrogens is 314 g/mol. The van der Waals surface area contributed by atoms with Gasteiger partial charge in [-0.25, -0.2) is 8.42 Å². The molecule has 2 aliphatic heterocycles. The molecule has 23 heavy (non-hydrogen) atoms. The first-order chi connectivity index (χ1) is 10.9. The van der Waals surface area contributed by atoms with Gasteiger partial charge in [0.2, 0.25) is 5.91 Å². The Labute approximate surface area is 137 Å². The van der Waals surface area contributed by atoms with Gasteiger partial charge in [-0.1, -0.05) is 6.07 Å². The summed E-state index contributed by atoms with van der Waals surface area (Å²) in [4.78, 5) is 20.2. The van der Waals surface area contributed by atoms with E-state index in [4.69, 9.17) is 0 Å². The van der Waals surface area contributed by atoms with Crippen LogP contribution in [0, 0.1) is 0 Å². The highest BCUT2D eigenvalue weighted by atomic mass is 32.2. The van der Waals surface area contributed by atoms with Gasteiger partial charge in [0.25, 0.3) is 0 Å². The largest absolute Gasteiger partial charge is 0.341 e. The van der Waals surface area contributed by atoms with Crippen LogP contribution < -0.4 is 0 Å². The van der Waals surface area contributed by atoms with E-state index < -0.39 is 9.84 Å². The number of carbonyl (C=O) groups is 1. The average molecular weight is 337 g/mol. The van der Waals surface area contributed by atoms with Gasteiger partial charge in [-0.3, -0.25) is 9.78 Å². The Morgan fingerprint density at radius 2 is 2.22 bits per heavy atom. The molecule has 0 bridgehead atoms. The van der Waals surface area contributed by atoms with Gasteiger partial charge in [-0.2, -0.15) is 0 Å². The quantitative estimate of drug-likeness (QED) is 0.783. The van der Waals surface area contributed by atoms with Crippen molar-refractivity contribution in [3.05, 3.63) is 30.1 Å². The SMILES string of the molecule is CN(CCC(=O)N1CC(c2cccnc2)C1)[C@@H]1CCS(=O)(=O)C1. The van der Waals surface area contributed by atoms with E-state index in [-0.39, 0.29) is 23.5 Å². The van der Waals surface area contributed by atoms with E-state index in [1.165, 1.54) is 5.56 Å². The lowest BCUT2D eigenvalue weighted by Gasteiger charge is -2.40. The van der Waals surface area contributed by atoms with Gasteiger partial charge in [0.15, 0.2) is 9.84 Å². The van der Waals surface area contributed by atoms with Crippen LogP contribution in [-0.4, -0.2) is 73.3 Å². The first-order valence-electron chi connectivity index (χ1n) is 8.03. The molecule has 2 aliphatic rings. The Morgan fingerprint density at radius 1 is 1.43 bits per heavy atom. The van der Waals surface area contributed by atoms with Gasteiger partial charge in [0, 0.05) is 50.4 Å². The summed E-state index contributed by atoms with van der Waals surface area (Å²) < 4.78 is 23.0. The Hall–Kier alpha value is -1.47. The lowest BCUT2D eigenvalue weighted by molar-refractivity contribution is -0.136. The Morgan fingerprint density at radius 3 is 2.83 bits per heavy atom. The number of hydrogen-bond acceptors (Lipinski definition) is 5. The molecule has 2 saturated heterocycles. The second-order valence-electron chi connectivity index (χ2n) is 6.57. The Balaban J connectivity index is 1.41. The van der Waals surface area contributed by atoms with Crippen molar-refractivity contribution >= 4 is 15.7 Å². The van der Waals surface area contributed by atoms with Crippen LogP contribution in [0.4, 0.5) is 0 Å². The number of nitrogens with zero attached hydrogens (tertiary/aromatic N) is 3. The minimum Gasteiger partial charge on any atom is -0.341 e. The summed E-state index contributed by atoms with van der Waals surface area (Å²) in [5.41, 5.74) is 1.19. The normalized spacial score (nSPS) is 23.9.